The van der Waals surface area contributed by atoms with E-state index >= 15 is 0 Å². The lowest BCUT2D eigenvalue weighted by Crippen LogP contribution is -1.89. The molecule has 2 heteroatoms. The molecule has 0 aliphatic rings. The minimum atomic E-state index is 0.399. The van der Waals surface area contributed by atoms with Crippen LogP contribution in [0.3, 0.4) is 0 Å². The zero-order valence-corrected chi connectivity index (χ0v) is 6.50. The predicted octanol–water partition coefficient (Wildman–Crippen LogP) is 1.49. The van der Waals surface area contributed by atoms with E-state index in [-0.39, 0.29) is 0 Å². The van der Waals surface area contributed by atoms with E-state index in [4.69, 9.17) is 0 Å². The quantitative estimate of drug-likeness (QED) is 0.650. The topological polar surface area (TPSA) is 30.0 Å². The zero-order valence-electron chi connectivity index (χ0n) is 6.50. The maximum absolute atomic E-state index is 10.2. The van der Waals surface area contributed by atoms with Gasteiger partial charge in [0, 0.05) is 6.20 Å². The largest absolute Gasteiger partial charge is 0.283 e. The van der Waals surface area contributed by atoms with Crippen molar-refractivity contribution in [3.8, 4) is 0 Å². The van der Waals surface area contributed by atoms with Gasteiger partial charge >= 0.3 is 0 Å². The van der Waals surface area contributed by atoms with Crippen molar-refractivity contribution in [3.05, 3.63) is 29.6 Å². The SMILES string of the molecule is CCCc1ccnc([C]=O)c1. The van der Waals surface area contributed by atoms with Gasteiger partial charge in [-0.2, -0.15) is 0 Å². The summed E-state index contributed by atoms with van der Waals surface area (Å²) >= 11 is 0. The van der Waals surface area contributed by atoms with Gasteiger partial charge in [0.25, 0.3) is 6.29 Å². The summed E-state index contributed by atoms with van der Waals surface area (Å²) in [6.07, 6.45) is 5.49. The van der Waals surface area contributed by atoms with Gasteiger partial charge in [0.1, 0.15) is 5.69 Å². The molecule has 0 unspecified atom stereocenters. The number of nitrogens with zero attached hydrogens (tertiary/aromatic N) is 1. The highest BCUT2D eigenvalue weighted by Crippen LogP contribution is 2.02. The van der Waals surface area contributed by atoms with Crippen molar-refractivity contribution in [2.45, 2.75) is 19.8 Å². The van der Waals surface area contributed by atoms with Gasteiger partial charge in [0.05, 0.1) is 0 Å². The minimum absolute atomic E-state index is 0.399. The van der Waals surface area contributed by atoms with Gasteiger partial charge in [0.2, 0.25) is 0 Å². The third-order valence-electron chi connectivity index (χ3n) is 1.47. The summed E-state index contributed by atoms with van der Waals surface area (Å²) in [5.74, 6) is 0. The van der Waals surface area contributed by atoms with Crippen molar-refractivity contribution in [1.82, 2.24) is 4.98 Å². The first-order chi connectivity index (χ1) is 5.36. The van der Waals surface area contributed by atoms with Crippen molar-refractivity contribution >= 4 is 6.29 Å². The van der Waals surface area contributed by atoms with E-state index in [0.717, 1.165) is 18.4 Å². The Morgan fingerprint density at radius 2 is 2.45 bits per heavy atom. The Labute approximate surface area is 66.3 Å². The molecular formula is C9H10NO. The lowest BCUT2D eigenvalue weighted by atomic mass is 10.1. The predicted molar refractivity (Wildman–Crippen MR) is 43.0 cm³/mol. The van der Waals surface area contributed by atoms with Crippen molar-refractivity contribution in [2.75, 3.05) is 0 Å². The Morgan fingerprint density at radius 3 is 3.09 bits per heavy atom. The van der Waals surface area contributed by atoms with Gasteiger partial charge in [-0.15, -0.1) is 0 Å². The lowest BCUT2D eigenvalue weighted by molar-refractivity contribution is 0.561. The molecule has 1 radical (unpaired) electrons. The van der Waals surface area contributed by atoms with E-state index < -0.39 is 0 Å². The number of aromatic nitrogens is 1. The Hall–Kier alpha value is -1.18. The molecule has 0 atom stereocenters. The van der Waals surface area contributed by atoms with Gasteiger partial charge in [-0.1, -0.05) is 13.3 Å². The summed E-state index contributed by atoms with van der Waals surface area (Å²) in [5, 5.41) is 0. The molecule has 1 aromatic heterocycles. The molecule has 0 aliphatic carbocycles. The van der Waals surface area contributed by atoms with Crippen LogP contribution in [0.4, 0.5) is 0 Å². The Kier molecular flexibility index (Phi) is 2.78. The van der Waals surface area contributed by atoms with Crippen LogP contribution in [-0.4, -0.2) is 11.3 Å². The number of aryl methyl sites for hydroxylation is 1. The fraction of sp³-hybridized carbons (Fsp3) is 0.333. The van der Waals surface area contributed by atoms with E-state index in [2.05, 4.69) is 11.9 Å². The number of rotatable bonds is 3. The first kappa shape index (κ1) is 7.92. The fourth-order valence-corrected chi connectivity index (χ4v) is 0.974. The van der Waals surface area contributed by atoms with Crippen molar-refractivity contribution in [1.29, 1.82) is 0 Å². The van der Waals surface area contributed by atoms with E-state index in [0.29, 0.717) is 5.69 Å². The number of hydrogen-bond acceptors (Lipinski definition) is 2. The van der Waals surface area contributed by atoms with Crippen LogP contribution in [0.1, 0.15) is 24.6 Å². The Morgan fingerprint density at radius 1 is 1.64 bits per heavy atom. The summed E-state index contributed by atoms with van der Waals surface area (Å²) < 4.78 is 0. The third-order valence-corrected chi connectivity index (χ3v) is 1.47. The maximum atomic E-state index is 10.2. The molecule has 0 aliphatic heterocycles. The molecule has 11 heavy (non-hydrogen) atoms. The fourth-order valence-electron chi connectivity index (χ4n) is 0.974. The van der Waals surface area contributed by atoms with E-state index in [1.807, 2.05) is 6.07 Å². The van der Waals surface area contributed by atoms with Crippen LogP contribution in [0.15, 0.2) is 18.3 Å². The molecule has 0 spiro atoms. The average molecular weight is 148 g/mol. The van der Waals surface area contributed by atoms with E-state index in [1.165, 1.54) is 0 Å². The molecule has 0 bridgehead atoms. The molecule has 0 aromatic carbocycles. The molecule has 0 fully saturated rings. The summed E-state index contributed by atoms with van der Waals surface area (Å²) in [6, 6.07) is 3.70. The molecular weight excluding hydrogens is 138 g/mol. The average Bonchev–Trinajstić information content (AvgIpc) is 2.06. The smallest absolute Gasteiger partial charge is 0.253 e. The second-order valence-corrected chi connectivity index (χ2v) is 2.40. The van der Waals surface area contributed by atoms with Crippen LogP contribution in [-0.2, 0) is 11.2 Å². The van der Waals surface area contributed by atoms with Crippen LogP contribution < -0.4 is 0 Å². The van der Waals surface area contributed by atoms with Gasteiger partial charge in [-0.3, -0.25) is 9.78 Å². The first-order valence-electron chi connectivity index (χ1n) is 3.70. The second kappa shape index (κ2) is 3.86. The maximum Gasteiger partial charge on any atom is 0.253 e. The van der Waals surface area contributed by atoms with E-state index in [9.17, 15) is 4.79 Å². The summed E-state index contributed by atoms with van der Waals surface area (Å²) in [6.45, 7) is 2.10. The van der Waals surface area contributed by atoms with Crippen LogP contribution in [0.5, 0.6) is 0 Å². The number of carbonyl (C=O) groups excluding carboxylic acids is 1. The van der Waals surface area contributed by atoms with E-state index in [1.54, 1.807) is 18.5 Å². The monoisotopic (exact) mass is 148 g/mol. The van der Waals surface area contributed by atoms with Crippen molar-refractivity contribution in [3.63, 3.8) is 0 Å². The third kappa shape index (κ3) is 2.15. The number of pyridine rings is 1. The summed E-state index contributed by atoms with van der Waals surface area (Å²) in [4.78, 5) is 14.0. The molecule has 0 N–H and O–H groups in total. The van der Waals surface area contributed by atoms with Crippen LogP contribution >= 0.6 is 0 Å². The highest BCUT2D eigenvalue weighted by molar-refractivity contribution is 5.72. The van der Waals surface area contributed by atoms with Gasteiger partial charge in [-0.25, -0.2) is 0 Å². The highest BCUT2D eigenvalue weighted by Gasteiger charge is 1.94. The first-order valence-corrected chi connectivity index (χ1v) is 3.70. The summed E-state index contributed by atoms with van der Waals surface area (Å²) in [5.41, 5.74) is 1.55. The molecule has 57 valence electrons. The Balaban J connectivity index is 2.82. The highest BCUT2D eigenvalue weighted by atomic mass is 16.1. The van der Waals surface area contributed by atoms with Crippen molar-refractivity contribution in [2.24, 2.45) is 0 Å². The van der Waals surface area contributed by atoms with Gasteiger partial charge in [0.15, 0.2) is 0 Å². The molecule has 1 rings (SSSR count). The molecule has 0 saturated heterocycles. The van der Waals surface area contributed by atoms with Crippen LogP contribution in [0.25, 0.3) is 0 Å². The lowest BCUT2D eigenvalue weighted by Gasteiger charge is -1.96. The van der Waals surface area contributed by atoms with Gasteiger partial charge in [-0.05, 0) is 24.1 Å². The van der Waals surface area contributed by atoms with Crippen LogP contribution in [0.2, 0.25) is 0 Å². The zero-order chi connectivity index (χ0) is 8.10. The molecule has 0 saturated carbocycles. The Bertz CT molecular complexity index is 245. The molecule has 1 heterocycles. The summed E-state index contributed by atoms with van der Waals surface area (Å²) in [7, 11) is 0. The molecule has 0 amide bonds. The molecule has 2 nitrogen and oxygen atoms in total. The van der Waals surface area contributed by atoms with Gasteiger partial charge < -0.3 is 0 Å². The van der Waals surface area contributed by atoms with Crippen LogP contribution in [0, 0.1) is 0 Å². The normalized spacial score (nSPS) is 9.55. The number of hydrogen-bond donors (Lipinski definition) is 0. The minimum Gasteiger partial charge on any atom is -0.283 e. The second-order valence-electron chi connectivity index (χ2n) is 2.40. The molecule has 1 aromatic rings. The van der Waals surface area contributed by atoms with Crippen molar-refractivity contribution < 1.29 is 4.79 Å². The standard InChI is InChI=1S/C9H10NO/c1-2-3-8-4-5-10-9(6-8)7-11/h4-6H,2-3H2,1H3.